The molecular formula is C8H13ClN2O3. The molecule has 0 saturated carbocycles. The molecule has 14 heavy (non-hydrogen) atoms. The Morgan fingerprint density at radius 2 is 1.93 bits per heavy atom. The summed E-state index contributed by atoms with van der Waals surface area (Å²) in [6, 6.07) is 0. The van der Waals surface area contributed by atoms with Crippen LogP contribution in [0.5, 0.6) is 0 Å². The number of carbonyl (C=O) groups is 2. The average molecular weight is 221 g/mol. The minimum atomic E-state index is -0.850. The first-order valence-electron chi connectivity index (χ1n) is 4.38. The Labute approximate surface area is 88.2 Å². The number of imide groups is 1. The number of nitrogens with zero attached hydrogens (tertiary/aromatic N) is 1. The van der Waals surface area contributed by atoms with Gasteiger partial charge in [0, 0.05) is 19.9 Å². The van der Waals surface area contributed by atoms with Gasteiger partial charge in [-0.15, -0.1) is 12.4 Å². The number of piperidine rings is 1. The molecule has 2 heterocycles. The van der Waals surface area contributed by atoms with E-state index in [-0.39, 0.29) is 18.3 Å². The van der Waals surface area contributed by atoms with E-state index in [9.17, 15) is 9.59 Å². The number of hydrogen-bond donors (Lipinski definition) is 1. The molecular weight excluding hydrogens is 208 g/mol. The molecule has 0 aromatic carbocycles. The Balaban J connectivity index is 0.000000980. The van der Waals surface area contributed by atoms with Crippen LogP contribution in [0, 0.1) is 0 Å². The van der Waals surface area contributed by atoms with Crippen molar-refractivity contribution in [2.45, 2.75) is 18.4 Å². The standard InChI is InChI=1S/C8H12N2O3.ClH/c1-10-6(11)8(13-7(10)12)2-4-9-5-3-8;/h9H,2-5H2,1H3;1H. The molecule has 80 valence electrons. The maximum absolute atomic E-state index is 11.6. The van der Waals surface area contributed by atoms with Crippen LogP contribution in [0.2, 0.25) is 0 Å². The molecule has 6 heteroatoms. The van der Waals surface area contributed by atoms with Crippen molar-refractivity contribution in [2.24, 2.45) is 0 Å². The number of hydrogen-bond acceptors (Lipinski definition) is 4. The van der Waals surface area contributed by atoms with Gasteiger partial charge in [0.05, 0.1) is 0 Å². The Bertz CT molecular complexity index is 263. The lowest BCUT2D eigenvalue weighted by molar-refractivity contribution is -0.138. The number of rotatable bonds is 0. The van der Waals surface area contributed by atoms with Crippen molar-refractivity contribution in [2.75, 3.05) is 20.1 Å². The van der Waals surface area contributed by atoms with E-state index in [1.54, 1.807) is 0 Å². The van der Waals surface area contributed by atoms with Crippen molar-refractivity contribution >= 4 is 24.4 Å². The highest BCUT2D eigenvalue weighted by molar-refractivity contribution is 6.02. The number of likely N-dealkylation sites (N-methyl/N-ethyl adjacent to an activating group) is 1. The van der Waals surface area contributed by atoms with Crippen molar-refractivity contribution in [3.8, 4) is 0 Å². The molecule has 0 aliphatic carbocycles. The van der Waals surface area contributed by atoms with Crippen LogP contribution < -0.4 is 5.32 Å². The SMILES string of the molecule is CN1C(=O)OC2(CCNCC2)C1=O.Cl. The van der Waals surface area contributed by atoms with E-state index < -0.39 is 11.7 Å². The third-order valence-electron chi connectivity index (χ3n) is 2.66. The highest BCUT2D eigenvalue weighted by Crippen LogP contribution is 2.31. The summed E-state index contributed by atoms with van der Waals surface area (Å²) >= 11 is 0. The van der Waals surface area contributed by atoms with Gasteiger partial charge in [-0.05, 0) is 13.1 Å². The number of halogens is 1. The van der Waals surface area contributed by atoms with Gasteiger partial charge >= 0.3 is 6.09 Å². The number of nitrogens with one attached hydrogen (secondary N) is 1. The van der Waals surface area contributed by atoms with E-state index in [1.165, 1.54) is 7.05 Å². The molecule has 2 aliphatic rings. The van der Waals surface area contributed by atoms with E-state index in [2.05, 4.69) is 5.32 Å². The van der Waals surface area contributed by atoms with E-state index >= 15 is 0 Å². The van der Waals surface area contributed by atoms with Crippen LogP contribution in [0.15, 0.2) is 0 Å². The summed E-state index contributed by atoms with van der Waals surface area (Å²) in [5, 5.41) is 3.12. The summed E-state index contributed by atoms with van der Waals surface area (Å²) in [6.45, 7) is 1.46. The Kier molecular flexibility index (Phi) is 3.01. The zero-order chi connectivity index (χ0) is 9.47. The summed E-state index contributed by atoms with van der Waals surface area (Å²) in [4.78, 5) is 23.8. The van der Waals surface area contributed by atoms with Crippen LogP contribution in [-0.2, 0) is 9.53 Å². The van der Waals surface area contributed by atoms with Crippen LogP contribution in [-0.4, -0.2) is 42.6 Å². The lowest BCUT2D eigenvalue weighted by Crippen LogP contribution is -2.48. The molecule has 0 bridgehead atoms. The quantitative estimate of drug-likeness (QED) is 0.631. The zero-order valence-corrected chi connectivity index (χ0v) is 8.73. The van der Waals surface area contributed by atoms with Crippen molar-refractivity contribution in [3.63, 3.8) is 0 Å². The van der Waals surface area contributed by atoms with Gasteiger partial charge in [0.1, 0.15) is 0 Å². The lowest BCUT2D eigenvalue weighted by atomic mass is 9.92. The van der Waals surface area contributed by atoms with E-state index in [1.807, 2.05) is 0 Å². The first-order valence-corrected chi connectivity index (χ1v) is 4.38. The second-order valence-electron chi connectivity index (χ2n) is 3.48. The molecule has 0 atom stereocenters. The molecule has 2 amide bonds. The second kappa shape index (κ2) is 3.74. The summed E-state index contributed by atoms with van der Waals surface area (Å²) in [5.74, 6) is -0.195. The van der Waals surface area contributed by atoms with Gasteiger partial charge in [0.25, 0.3) is 5.91 Å². The van der Waals surface area contributed by atoms with Crippen molar-refractivity contribution in [1.29, 1.82) is 0 Å². The van der Waals surface area contributed by atoms with Gasteiger partial charge in [-0.25, -0.2) is 9.69 Å². The summed E-state index contributed by atoms with van der Waals surface area (Å²) in [7, 11) is 1.46. The molecule has 2 rings (SSSR count). The Morgan fingerprint density at radius 1 is 1.36 bits per heavy atom. The van der Waals surface area contributed by atoms with Gasteiger partial charge in [-0.2, -0.15) is 0 Å². The molecule has 2 saturated heterocycles. The highest BCUT2D eigenvalue weighted by atomic mass is 35.5. The smallest absolute Gasteiger partial charge is 0.417 e. The second-order valence-corrected chi connectivity index (χ2v) is 3.48. The number of amides is 2. The van der Waals surface area contributed by atoms with Crippen LogP contribution in [0.1, 0.15) is 12.8 Å². The first kappa shape index (κ1) is 11.3. The predicted octanol–water partition coefficient (Wildman–Crippen LogP) is 0.139. The first-order chi connectivity index (χ1) is 6.16. The van der Waals surface area contributed by atoms with E-state index in [4.69, 9.17) is 4.74 Å². The van der Waals surface area contributed by atoms with Gasteiger partial charge in [-0.1, -0.05) is 0 Å². The lowest BCUT2D eigenvalue weighted by Gasteiger charge is -2.29. The summed E-state index contributed by atoms with van der Waals surface area (Å²) in [6.07, 6.45) is 0.649. The molecule has 1 N–H and O–H groups in total. The molecule has 0 unspecified atom stereocenters. The van der Waals surface area contributed by atoms with Gasteiger partial charge in [-0.3, -0.25) is 4.79 Å². The van der Waals surface area contributed by atoms with Gasteiger partial charge in [0.15, 0.2) is 5.60 Å². The van der Waals surface area contributed by atoms with Crippen molar-refractivity contribution < 1.29 is 14.3 Å². The Morgan fingerprint density at radius 3 is 2.36 bits per heavy atom. The fourth-order valence-electron chi connectivity index (χ4n) is 1.81. The minimum absolute atomic E-state index is 0. The molecule has 5 nitrogen and oxygen atoms in total. The van der Waals surface area contributed by atoms with Crippen molar-refractivity contribution in [3.05, 3.63) is 0 Å². The largest absolute Gasteiger partial charge is 0.432 e. The molecule has 0 radical (unpaired) electrons. The molecule has 0 aromatic heterocycles. The number of ether oxygens (including phenoxy) is 1. The highest BCUT2D eigenvalue weighted by Gasteiger charge is 2.52. The van der Waals surface area contributed by atoms with E-state index in [0.717, 1.165) is 18.0 Å². The topological polar surface area (TPSA) is 58.6 Å². The summed E-state index contributed by atoms with van der Waals surface area (Å²) in [5.41, 5.74) is -0.850. The summed E-state index contributed by atoms with van der Waals surface area (Å²) < 4.78 is 5.11. The van der Waals surface area contributed by atoms with Gasteiger partial charge in [0.2, 0.25) is 0 Å². The van der Waals surface area contributed by atoms with Crippen LogP contribution in [0.4, 0.5) is 4.79 Å². The molecule has 1 spiro atoms. The van der Waals surface area contributed by atoms with E-state index in [0.29, 0.717) is 12.8 Å². The molecule has 0 aromatic rings. The number of carbonyl (C=O) groups excluding carboxylic acids is 2. The normalized spacial score (nSPS) is 24.8. The molecule has 2 fully saturated rings. The maximum Gasteiger partial charge on any atom is 0.417 e. The Hall–Kier alpha value is -0.810. The average Bonchev–Trinajstić information content (AvgIpc) is 2.33. The van der Waals surface area contributed by atoms with Crippen LogP contribution in [0.3, 0.4) is 0 Å². The third kappa shape index (κ3) is 1.46. The van der Waals surface area contributed by atoms with Crippen LogP contribution >= 0.6 is 12.4 Å². The fraction of sp³-hybridized carbons (Fsp3) is 0.750. The fourth-order valence-corrected chi connectivity index (χ4v) is 1.81. The third-order valence-corrected chi connectivity index (χ3v) is 2.66. The molecule has 2 aliphatic heterocycles. The zero-order valence-electron chi connectivity index (χ0n) is 7.91. The minimum Gasteiger partial charge on any atom is -0.432 e. The predicted molar refractivity (Wildman–Crippen MR) is 51.3 cm³/mol. The van der Waals surface area contributed by atoms with Crippen molar-refractivity contribution in [1.82, 2.24) is 10.2 Å². The maximum atomic E-state index is 11.6. The monoisotopic (exact) mass is 220 g/mol. The van der Waals surface area contributed by atoms with Crippen LogP contribution in [0.25, 0.3) is 0 Å². The van der Waals surface area contributed by atoms with Gasteiger partial charge < -0.3 is 10.1 Å².